The highest BCUT2D eigenvalue weighted by atomic mass is 35.5. The summed E-state index contributed by atoms with van der Waals surface area (Å²) in [6.45, 7) is 6.47. The topological polar surface area (TPSA) is 87.9 Å². The van der Waals surface area contributed by atoms with Crippen LogP contribution in [-0.2, 0) is 30.8 Å². The number of nitrogens with two attached hydrogens (primary N) is 1. The zero-order chi connectivity index (χ0) is 31.1. The first-order valence-electron chi connectivity index (χ1n) is 15.0. The number of fused-ring (bicyclic) bond motifs is 1. The Morgan fingerprint density at radius 2 is 1.73 bits per heavy atom. The number of nitrogens with zero attached hydrogens (tertiary/aromatic N) is 4. The number of nitriles is 1. The number of carbonyl (C=O) groups is 1. The van der Waals surface area contributed by atoms with E-state index in [0.29, 0.717) is 18.5 Å². The number of hydrogen-bond acceptors (Lipinski definition) is 5. The van der Waals surface area contributed by atoms with E-state index in [-0.39, 0.29) is 24.2 Å². The van der Waals surface area contributed by atoms with Gasteiger partial charge in [-0.3, -0.25) is 9.69 Å². The molecule has 0 aliphatic carbocycles. The zero-order valence-corrected chi connectivity index (χ0v) is 26.0. The van der Waals surface area contributed by atoms with Gasteiger partial charge in [0, 0.05) is 49.0 Å². The van der Waals surface area contributed by atoms with Gasteiger partial charge in [0.1, 0.15) is 0 Å². The SMILES string of the molecule is CC(CC(N)C(=O)Cc1cncn1Cc1ccc(C#N)cc1)C(C)N(Cc1cccc(Cl)c1)Cc1cccc2ccccc12. The summed E-state index contributed by atoms with van der Waals surface area (Å²) in [5, 5.41) is 12.3. The van der Waals surface area contributed by atoms with E-state index in [2.05, 4.69) is 78.3 Å². The van der Waals surface area contributed by atoms with Gasteiger partial charge in [0.15, 0.2) is 5.78 Å². The van der Waals surface area contributed by atoms with Crippen molar-refractivity contribution < 1.29 is 4.79 Å². The molecule has 0 bridgehead atoms. The molecular weight excluding hydrogens is 566 g/mol. The number of ketones is 1. The van der Waals surface area contributed by atoms with Crippen molar-refractivity contribution in [2.75, 3.05) is 0 Å². The summed E-state index contributed by atoms with van der Waals surface area (Å²) in [5.74, 6) is 0.160. The molecule has 0 spiro atoms. The quantitative estimate of drug-likeness (QED) is 0.154. The van der Waals surface area contributed by atoms with Gasteiger partial charge in [0.25, 0.3) is 0 Å². The lowest BCUT2D eigenvalue weighted by Gasteiger charge is -2.34. The number of benzene rings is 4. The molecular formula is C37H38ClN5O. The molecule has 0 aliphatic rings. The Morgan fingerprint density at radius 1 is 0.977 bits per heavy atom. The van der Waals surface area contributed by atoms with Gasteiger partial charge < -0.3 is 10.3 Å². The lowest BCUT2D eigenvalue weighted by atomic mass is 9.90. The molecule has 1 heterocycles. The van der Waals surface area contributed by atoms with Crippen LogP contribution in [0.5, 0.6) is 0 Å². The van der Waals surface area contributed by atoms with E-state index in [0.717, 1.165) is 34.9 Å². The first-order valence-corrected chi connectivity index (χ1v) is 15.4. The summed E-state index contributed by atoms with van der Waals surface area (Å²) in [6.07, 6.45) is 4.27. The second-order valence-electron chi connectivity index (χ2n) is 11.7. The van der Waals surface area contributed by atoms with Crippen LogP contribution in [0.3, 0.4) is 0 Å². The van der Waals surface area contributed by atoms with Gasteiger partial charge >= 0.3 is 0 Å². The highest BCUT2D eigenvalue weighted by Crippen LogP contribution is 2.26. The Morgan fingerprint density at radius 3 is 2.50 bits per heavy atom. The normalized spacial score (nSPS) is 13.5. The summed E-state index contributed by atoms with van der Waals surface area (Å²) >= 11 is 6.35. The van der Waals surface area contributed by atoms with Gasteiger partial charge in [-0.1, -0.05) is 85.3 Å². The molecule has 0 fully saturated rings. The highest BCUT2D eigenvalue weighted by Gasteiger charge is 2.26. The van der Waals surface area contributed by atoms with E-state index < -0.39 is 6.04 Å². The van der Waals surface area contributed by atoms with Crippen molar-refractivity contribution in [1.29, 1.82) is 5.26 Å². The number of Topliss-reactive ketones (excluding diaryl/α,β-unsaturated/α-hetero) is 1. The molecule has 5 aromatic rings. The molecule has 0 amide bonds. The van der Waals surface area contributed by atoms with Gasteiger partial charge in [-0.25, -0.2) is 4.98 Å². The van der Waals surface area contributed by atoms with Crippen LogP contribution >= 0.6 is 11.6 Å². The molecule has 0 saturated carbocycles. The van der Waals surface area contributed by atoms with Crippen LogP contribution in [0.2, 0.25) is 5.02 Å². The van der Waals surface area contributed by atoms with Gasteiger partial charge in [-0.15, -0.1) is 0 Å². The molecule has 0 saturated heterocycles. The monoisotopic (exact) mass is 603 g/mol. The van der Waals surface area contributed by atoms with Crippen LogP contribution < -0.4 is 5.73 Å². The van der Waals surface area contributed by atoms with E-state index in [1.165, 1.54) is 16.3 Å². The fourth-order valence-corrected chi connectivity index (χ4v) is 5.99. The predicted molar refractivity (Wildman–Crippen MR) is 177 cm³/mol. The maximum absolute atomic E-state index is 13.4. The van der Waals surface area contributed by atoms with Crippen LogP contribution in [0.1, 0.15) is 48.2 Å². The minimum Gasteiger partial charge on any atom is -0.330 e. The zero-order valence-electron chi connectivity index (χ0n) is 25.2. The summed E-state index contributed by atoms with van der Waals surface area (Å²) in [5.41, 5.74) is 11.5. The summed E-state index contributed by atoms with van der Waals surface area (Å²) < 4.78 is 1.97. The maximum atomic E-state index is 13.4. The highest BCUT2D eigenvalue weighted by molar-refractivity contribution is 6.30. The molecule has 0 radical (unpaired) electrons. The van der Waals surface area contributed by atoms with Crippen molar-refractivity contribution >= 4 is 28.2 Å². The van der Waals surface area contributed by atoms with Crippen molar-refractivity contribution in [2.45, 2.75) is 58.4 Å². The third kappa shape index (κ3) is 7.81. The van der Waals surface area contributed by atoms with Crippen LogP contribution in [0.4, 0.5) is 0 Å². The molecule has 1 aromatic heterocycles. The Hall–Kier alpha value is -4.28. The van der Waals surface area contributed by atoms with Gasteiger partial charge in [0.05, 0.1) is 24.0 Å². The number of aromatic nitrogens is 2. The Bertz CT molecular complexity index is 1750. The largest absolute Gasteiger partial charge is 0.330 e. The van der Waals surface area contributed by atoms with E-state index >= 15 is 0 Å². The number of carbonyl (C=O) groups excluding carboxylic acids is 1. The molecule has 0 aliphatic heterocycles. The van der Waals surface area contributed by atoms with E-state index in [1.807, 2.05) is 34.9 Å². The summed E-state index contributed by atoms with van der Waals surface area (Å²) in [6, 6.07) is 32.1. The molecule has 224 valence electrons. The van der Waals surface area contributed by atoms with Crippen LogP contribution in [0.15, 0.2) is 104 Å². The van der Waals surface area contributed by atoms with Crippen molar-refractivity contribution in [3.05, 3.63) is 136 Å². The first kappa shape index (κ1) is 31.2. The Labute approximate surface area is 264 Å². The fraction of sp³-hybridized carbons (Fsp3) is 0.270. The molecule has 6 nitrogen and oxygen atoms in total. The predicted octanol–water partition coefficient (Wildman–Crippen LogP) is 7.17. The lowest BCUT2D eigenvalue weighted by molar-refractivity contribution is -0.120. The smallest absolute Gasteiger partial charge is 0.155 e. The lowest BCUT2D eigenvalue weighted by Crippen LogP contribution is -2.41. The van der Waals surface area contributed by atoms with Crippen LogP contribution in [0.25, 0.3) is 10.8 Å². The van der Waals surface area contributed by atoms with Crippen LogP contribution in [-0.4, -0.2) is 32.3 Å². The Balaban J connectivity index is 1.27. The molecule has 44 heavy (non-hydrogen) atoms. The molecule has 4 aromatic carbocycles. The summed E-state index contributed by atoms with van der Waals surface area (Å²) in [7, 11) is 0. The van der Waals surface area contributed by atoms with Crippen LogP contribution in [0, 0.1) is 17.2 Å². The minimum absolute atomic E-state index is 0.000994. The molecule has 2 N–H and O–H groups in total. The second-order valence-corrected chi connectivity index (χ2v) is 12.1. The molecule has 3 atom stereocenters. The molecule has 5 rings (SSSR count). The average molecular weight is 604 g/mol. The van der Waals surface area contributed by atoms with Gasteiger partial charge in [0.2, 0.25) is 0 Å². The third-order valence-electron chi connectivity index (χ3n) is 8.56. The Kier molecular flexibility index (Phi) is 10.2. The van der Waals surface area contributed by atoms with Gasteiger partial charge in [-0.2, -0.15) is 5.26 Å². The van der Waals surface area contributed by atoms with Crippen molar-refractivity contribution in [3.8, 4) is 6.07 Å². The standard InChI is InChI=1S/C37H38ClN5O/c1-26(17-36(40)37(44)19-34-21-41-25-43(34)22-29-15-13-28(20-39)14-16-29)27(2)42(23-30-7-5-11-33(38)18-30)24-32-10-6-9-31-8-3-4-12-35(31)32/h3-16,18,21,25-27,36H,17,19,22-24,40H2,1-2H3. The van der Waals surface area contributed by atoms with Crippen molar-refractivity contribution in [2.24, 2.45) is 11.7 Å². The second kappa shape index (κ2) is 14.5. The van der Waals surface area contributed by atoms with Gasteiger partial charge in [-0.05, 0) is 71.0 Å². The third-order valence-corrected chi connectivity index (χ3v) is 8.79. The number of hydrogen-bond donors (Lipinski definition) is 1. The minimum atomic E-state index is -0.587. The van der Waals surface area contributed by atoms with E-state index in [4.69, 9.17) is 22.6 Å². The maximum Gasteiger partial charge on any atom is 0.155 e. The number of imidazole rings is 1. The van der Waals surface area contributed by atoms with Crippen molar-refractivity contribution in [3.63, 3.8) is 0 Å². The molecule has 3 unspecified atom stereocenters. The van der Waals surface area contributed by atoms with E-state index in [1.54, 1.807) is 24.7 Å². The molecule has 7 heteroatoms. The number of rotatable bonds is 13. The van der Waals surface area contributed by atoms with Crippen molar-refractivity contribution in [1.82, 2.24) is 14.5 Å². The van der Waals surface area contributed by atoms with E-state index in [9.17, 15) is 4.79 Å². The average Bonchev–Trinajstić information content (AvgIpc) is 3.46. The fourth-order valence-electron chi connectivity index (χ4n) is 5.78. The first-order chi connectivity index (χ1) is 21.3. The number of halogens is 1. The summed E-state index contributed by atoms with van der Waals surface area (Å²) in [4.78, 5) is 20.1.